The second-order valence-electron chi connectivity index (χ2n) is 5.93. The molecule has 3 aromatic rings. The third kappa shape index (κ3) is 2.86. The number of aryl methyl sites for hydroxylation is 1. The SMILES string of the molecule is Cc1ccc(N2N=C([N+](=O)[O-])C(c3ccco3)NC2c2ccco2)cc1. The normalized spacial score (nSPS) is 20.0. The summed E-state index contributed by atoms with van der Waals surface area (Å²) in [7, 11) is 0. The van der Waals surface area contributed by atoms with Gasteiger partial charge in [0.1, 0.15) is 11.5 Å². The van der Waals surface area contributed by atoms with Gasteiger partial charge in [-0.1, -0.05) is 17.7 Å². The summed E-state index contributed by atoms with van der Waals surface area (Å²) in [5.41, 5.74) is 1.79. The van der Waals surface area contributed by atoms with E-state index in [9.17, 15) is 10.1 Å². The number of nitro groups is 1. The average Bonchev–Trinajstić information content (AvgIpc) is 3.35. The molecule has 3 heterocycles. The number of furan rings is 2. The third-order valence-corrected chi connectivity index (χ3v) is 4.16. The molecule has 0 aliphatic carbocycles. The Morgan fingerprint density at radius 3 is 2.31 bits per heavy atom. The zero-order valence-electron chi connectivity index (χ0n) is 13.9. The van der Waals surface area contributed by atoms with Crippen molar-refractivity contribution in [3.05, 3.63) is 88.3 Å². The number of hydrogen-bond donors (Lipinski definition) is 1. The maximum atomic E-state index is 11.6. The van der Waals surface area contributed by atoms with Gasteiger partial charge in [-0.05, 0) is 48.2 Å². The van der Waals surface area contributed by atoms with Crippen molar-refractivity contribution in [1.29, 1.82) is 0 Å². The molecule has 1 aliphatic rings. The van der Waals surface area contributed by atoms with Crippen LogP contribution in [0.3, 0.4) is 0 Å². The van der Waals surface area contributed by atoms with Crippen LogP contribution in [0.25, 0.3) is 0 Å². The van der Waals surface area contributed by atoms with Crippen LogP contribution in [0, 0.1) is 17.0 Å². The molecule has 8 heteroatoms. The molecule has 0 bridgehead atoms. The number of nitrogens with zero attached hydrogens (tertiary/aromatic N) is 3. The molecule has 2 unspecified atom stereocenters. The smallest absolute Gasteiger partial charge is 0.389 e. The molecule has 0 fully saturated rings. The van der Waals surface area contributed by atoms with Gasteiger partial charge in [0.2, 0.25) is 0 Å². The van der Waals surface area contributed by atoms with E-state index in [4.69, 9.17) is 8.83 Å². The summed E-state index contributed by atoms with van der Waals surface area (Å²) in [4.78, 5) is 11.1. The molecule has 0 saturated carbocycles. The Hall–Kier alpha value is -3.39. The van der Waals surface area contributed by atoms with Crippen LogP contribution < -0.4 is 10.3 Å². The summed E-state index contributed by atoms with van der Waals surface area (Å²) in [6.07, 6.45) is 2.51. The van der Waals surface area contributed by atoms with Gasteiger partial charge in [-0.2, -0.15) is 0 Å². The highest BCUT2D eigenvalue weighted by Gasteiger charge is 2.43. The molecule has 132 valence electrons. The summed E-state index contributed by atoms with van der Waals surface area (Å²) >= 11 is 0. The van der Waals surface area contributed by atoms with Gasteiger partial charge in [-0.15, -0.1) is 5.01 Å². The summed E-state index contributed by atoms with van der Waals surface area (Å²) in [5.74, 6) is 0.761. The van der Waals surface area contributed by atoms with E-state index in [0.29, 0.717) is 17.2 Å². The fraction of sp³-hybridized carbons (Fsp3) is 0.167. The fourth-order valence-corrected chi connectivity index (χ4v) is 2.89. The zero-order chi connectivity index (χ0) is 18.1. The lowest BCUT2D eigenvalue weighted by Gasteiger charge is -2.30. The number of anilines is 1. The van der Waals surface area contributed by atoms with E-state index < -0.39 is 17.1 Å². The fourth-order valence-electron chi connectivity index (χ4n) is 2.89. The molecule has 0 amide bonds. The van der Waals surface area contributed by atoms with Gasteiger partial charge >= 0.3 is 5.84 Å². The van der Waals surface area contributed by atoms with Crippen LogP contribution in [0.5, 0.6) is 0 Å². The molecule has 0 spiro atoms. The molecule has 2 atom stereocenters. The van der Waals surface area contributed by atoms with Crippen molar-refractivity contribution in [3.63, 3.8) is 0 Å². The van der Waals surface area contributed by atoms with Crippen molar-refractivity contribution in [2.45, 2.75) is 19.1 Å². The van der Waals surface area contributed by atoms with Crippen LogP contribution in [0.15, 0.2) is 75.0 Å². The summed E-state index contributed by atoms with van der Waals surface area (Å²) in [5, 5.41) is 20.7. The highest BCUT2D eigenvalue weighted by molar-refractivity contribution is 5.83. The first-order valence-corrected chi connectivity index (χ1v) is 8.05. The van der Waals surface area contributed by atoms with Gasteiger partial charge in [-0.3, -0.25) is 5.32 Å². The Morgan fingerprint density at radius 2 is 1.73 bits per heavy atom. The molecule has 26 heavy (non-hydrogen) atoms. The predicted molar refractivity (Wildman–Crippen MR) is 94.1 cm³/mol. The zero-order valence-corrected chi connectivity index (χ0v) is 13.9. The number of hydrazone groups is 1. The summed E-state index contributed by atoms with van der Waals surface area (Å²) in [6, 6.07) is 13.7. The molecule has 4 rings (SSSR count). The maximum Gasteiger partial charge on any atom is 0.389 e. The first-order valence-electron chi connectivity index (χ1n) is 8.05. The highest BCUT2D eigenvalue weighted by atomic mass is 16.6. The second kappa shape index (κ2) is 6.49. The lowest BCUT2D eigenvalue weighted by molar-refractivity contribution is -0.356. The topological polar surface area (TPSA) is 97.0 Å². The average molecular weight is 352 g/mol. The number of rotatable bonds is 3. The van der Waals surface area contributed by atoms with Crippen molar-refractivity contribution in [2.75, 3.05) is 5.01 Å². The van der Waals surface area contributed by atoms with Crippen LogP contribution in [-0.4, -0.2) is 10.8 Å². The van der Waals surface area contributed by atoms with E-state index in [2.05, 4.69) is 10.4 Å². The standard InChI is InChI=1S/C18H16N4O4/c1-12-6-8-13(9-7-12)21-17(15-5-3-11-26-15)19-16(14-4-2-10-25-14)18(20-21)22(23)24/h2-11,16-17,19H,1H3. The Bertz CT molecular complexity index is 917. The van der Waals surface area contributed by atoms with Gasteiger partial charge in [0.15, 0.2) is 12.2 Å². The summed E-state index contributed by atoms with van der Waals surface area (Å²) in [6.45, 7) is 1.97. The van der Waals surface area contributed by atoms with Crippen molar-refractivity contribution in [3.8, 4) is 0 Å². The van der Waals surface area contributed by atoms with Gasteiger partial charge in [-0.25, -0.2) is 0 Å². The first-order chi connectivity index (χ1) is 12.6. The van der Waals surface area contributed by atoms with Crippen LogP contribution in [-0.2, 0) is 0 Å². The molecule has 1 aromatic carbocycles. The second-order valence-corrected chi connectivity index (χ2v) is 5.93. The van der Waals surface area contributed by atoms with E-state index in [-0.39, 0.29) is 5.84 Å². The van der Waals surface area contributed by atoms with Gasteiger partial charge in [0, 0.05) is 0 Å². The lowest BCUT2D eigenvalue weighted by Crippen LogP contribution is -2.47. The van der Waals surface area contributed by atoms with Gasteiger partial charge < -0.3 is 18.9 Å². The number of benzene rings is 1. The first kappa shape index (κ1) is 16.1. The Kier molecular flexibility index (Phi) is 4.02. The number of nitrogens with one attached hydrogen (secondary N) is 1. The summed E-state index contributed by atoms with van der Waals surface area (Å²) < 4.78 is 10.9. The minimum absolute atomic E-state index is 0.247. The number of hydrogen-bond acceptors (Lipinski definition) is 7. The molecule has 2 aromatic heterocycles. The predicted octanol–water partition coefficient (Wildman–Crippen LogP) is 3.62. The molecule has 1 N–H and O–H groups in total. The maximum absolute atomic E-state index is 11.6. The van der Waals surface area contributed by atoms with Crippen LogP contribution >= 0.6 is 0 Å². The molecule has 1 aliphatic heterocycles. The van der Waals surface area contributed by atoms with Gasteiger partial charge in [0.25, 0.3) is 0 Å². The van der Waals surface area contributed by atoms with Crippen molar-refractivity contribution < 1.29 is 13.8 Å². The molecule has 0 radical (unpaired) electrons. The van der Waals surface area contributed by atoms with Crippen LogP contribution in [0.4, 0.5) is 5.69 Å². The van der Waals surface area contributed by atoms with Crippen molar-refractivity contribution in [1.82, 2.24) is 5.32 Å². The molecule has 0 saturated heterocycles. The molecule has 8 nitrogen and oxygen atoms in total. The highest BCUT2D eigenvalue weighted by Crippen LogP contribution is 2.33. The van der Waals surface area contributed by atoms with Gasteiger partial charge in [0.05, 0.1) is 23.3 Å². The third-order valence-electron chi connectivity index (χ3n) is 4.16. The number of amidine groups is 1. The van der Waals surface area contributed by atoms with E-state index in [1.165, 1.54) is 6.26 Å². The molecular formula is C18H16N4O4. The van der Waals surface area contributed by atoms with E-state index in [1.807, 2.05) is 31.2 Å². The Morgan fingerprint density at radius 1 is 1.08 bits per heavy atom. The lowest BCUT2D eigenvalue weighted by atomic mass is 10.1. The Balaban J connectivity index is 1.83. The minimum Gasteiger partial charge on any atom is -0.467 e. The Labute approximate surface area is 148 Å². The van der Waals surface area contributed by atoms with E-state index in [0.717, 1.165) is 5.56 Å². The van der Waals surface area contributed by atoms with E-state index in [1.54, 1.807) is 35.5 Å². The monoisotopic (exact) mass is 352 g/mol. The molecular weight excluding hydrogens is 336 g/mol. The van der Waals surface area contributed by atoms with Crippen molar-refractivity contribution >= 4 is 11.5 Å². The minimum atomic E-state index is -0.795. The van der Waals surface area contributed by atoms with Crippen LogP contribution in [0.1, 0.15) is 29.3 Å². The van der Waals surface area contributed by atoms with Crippen LogP contribution in [0.2, 0.25) is 0 Å². The van der Waals surface area contributed by atoms with E-state index >= 15 is 0 Å². The largest absolute Gasteiger partial charge is 0.467 e. The van der Waals surface area contributed by atoms with Crippen molar-refractivity contribution in [2.24, 2.45) is 5.10 Å². The quantitative estimate of drug-likeness (QED) is 0.571.